The molecular weight excluding hydrogens is 312 g/mol. The quantitative estimate of drug-likeness (QED) is 0.589. The molecule has 1 aromatic carbocycles. The molecule has 2 rings (SSSR count). The van der Waals surface area contributed by atoms with Crippen molar-refractivity contribution in [3.63, 3.8) is 0 Å². The average molecular weight is 347 g/mol. The molecule has 0 aromatic heterocycles. The summed E-state index contributed by atoms with van der Waals surface area (Å²) in [5.74, 6) is 1.81. The first-order valence-electron chi connectivity index (χ1n) is 9.44. The molecule has 1 heterocycles. The van der Waals surface area contributed by atoms with E-state index >= 15 is 0 Å². The van der Waals surface area contributed by atoms with Crippen molar-refractivity contribution in [1.29, 1.82) is 0 Å². The molecule has 1 saturated heterocycles. The third-order valence-electron chi connectivity index (χ3n) is 4.97. The average Bonchev–Trinajstić information content (AvgIpc) is 3.01. The van der Waals surface area contributed by atoms with Crippen LogP contribution in [0, 0.1) is 6.92 Å². The lowest BCUT2D eigenvalue weighted by Crippen LogP contribution is -2.43. The van der Waals surface area contributed by atoms with Crippen molar-refractivity contribution in [2.45, 2.75) is 58.7 Å². The smallest absolute Gasteiger partial charge is 0.191 e. The molecule has 1 fully saturated rings. The number of likely N-dealkylation sites (tertiary alicyclic amines) is 1. The van der Waals surface area contributed by atoms with Crippen molar-refractivity contribution >= 4 is 5.96 Å². The molecule has 2 unspecified atom stereocenters. The van der Waals surface area contributed by atoms with E-state index in [4.69, 9.17) is 4.74 Å². The molecule has 1 aliphatic rings. The Morgan fingerprint density at radius 2 is 2.20 bits per heavy atom. The number of rotatable bonds is 7. The Morgan fingerprint density at radius 3 is 2.84 bits per heavy atom. The van der Waals surface area contributed by atoms with Crippen LogP contribution < -0.4 is 15.4 Å². The predicted octanol–water partition coefficient (Wildman–Crippen LogP) is 2.93. The summed E-state index contributed by atoms with van der Waals surface area (Å²) in [6.07, 6.45) is 3.76. The fraction of sp³-hybridized carbons (Fsp3) is 0.650. The van der Waals surface area contributed by atoms with Crippen LogP contribution in [0.3, 0.4) is 0 Å². The van der Waals surface area contributed by atoms with Crippen LogP contribution in [0.4, 0.5) is 0 Å². The normalized spacial score (nSPS) is 19.7. The minimum Gasteiger partial charge on any atom is -0.490 e. The van der Waals surface area contributed by atoms with Gasteiger partial charge in [0.25, 0.3) is 0 Å². The second-order valence-electron chi connectivity index (χ2n) is 7.03. The highest BCUT2D eigenvalue weighted by atomic mass is 16.5. The van der Waals surface area contributed by atoms with E-state index in [1.807, 2.05) is 7.05 Å². The van der Waals surface area contributed by atoms with Crippen LogP contribution in [0.5, 0.6) is 5.75 Å². The van der Waals surface area contributed by atoms with E-state index in [0.717, 1.165) is 30.2 Å². The van der Waals surface area contributed by atoms with Gasteiger partial charge in [0.2, 0.25) is 0 Å². The Kier molecular flexibility index (Phi) is 7.56. The van der Waals surface area contributed by atoms with Gasteiger partial charge in [-0.1, -0.05) is 19.1 Å². The van der Waals surface area contributed by atoms with Gasteiger partial charge in [-0.2, -0.15) is 0 Å². The van der Waals surface area contributed by atoms with Crippen molar-refractivity contribution < 1.29 is 4.74 Å². The van der Waals surface area contributed by atoms with Crippen molar-refractivity contribution in [3.05, 3.63) is 29.3 Å². The summed E-state index contributed by atoms with van der Waals surface area (Å²) in [5, 5.41) is 6.87. The number of nitrogens with one attached hydrogen (secondary N) is 2. The molecule has 2 atom stereocenters. The van der Waals surface area contributed by atoms with Crippen LogP contribution >= 0.6 is 0 Å². The minimum atomic E-state index is 0.218. The molecule has 1 aromatic rings. The van der Waals surface area contributed by atoms with Crippen LogP contribution in [-0.4, -0.2) is 50.2 Å². The largest absolute Gasteiger partial charge is 0.490 e. The molecule has 5 heteroatoms. The number of hydrogen-bond donors (Lipinski definition) is 2. The van der Waals surface area contributed by atoms with Crippen LogP contribution in [0.25, 0.3) is 0 Å². The topological polar surface area (TPSA) is 48.9 Å². The van der Waals surface area contributed by atoms with Crippen LogP contribution in [-0.2, 0) is 6.54 Å². The molecule has 2 N–H and O–H groups in total. The monoisotopic (exact) mass is 346 g/mol. The first kappa shape index (κ1) is 19.6. The molecule has 25 heavy (non-hydrogen) atoms. The van der Waals surface area contributed by atoms with Gasteiger partial charge in [-0.25, -0.2) is 0 Å². The van der Waals surface area contributed by atoms with E-state index in [0.29, 0.717) is 12.6 Å². The number of guanidine groups is 1. The van der Waals surface area contributed by atoms with E-state index in [1.165, 1.54) is 24.9 Å². The van der Waals surface area contributed by atoms with E-state index in [1.54, 1.807) is 0 Å². The number of benzene rings is 1. The predicted molar refractivity (Wildman–Crippen MR) is 105 cm³/mol. The fourth-order valence-corrected chi connectivity index (χ4v) is 3.07. The lowest BCUT2D eigenvalue weighted by atomic mass is 10.1. The molecule has 0 bridgehead atoms. The highest BCUT2D eigenvalue weighted by molar-refractivity contribution is 5.79. The molecule has 1 aliphatic heterocycles. The van der Waals surface area contributed by atoms with Crippen LogP contribution in [0.2, 0.25) is 0 Å². The Hall–Kier alpha value is -1.75. The minimum absolute atomic E-state index is 0.218. The highest BCUT2D eigenvalue weighted by Gasteiger charge is 2.20. The van der Waals surface area contributed by atoms with E-state index < -0.39 is 0 Å². The Labute approximate surface area is 152 Å². The number of aryl methyl sites for hydroxylation is 1. The number of ether oxygens (including phenoxy) is 1. The van der Waals surface area contributed by atoms with Gasteiger partial charge in [-0.3, -0.25) is 4.99 Å². The van der Waals surface area contributed by atoms with Gasteiger partial charge in [0.15, 0.2) is 5.96 Å². The molecule has 5 nitrogen and oxygen atoms in total. The molecular formula is C20H34N4O. The van der Waals surface area contributed by atoms with Crippen molar-refractivity contribution in [2.24, 2.45) is 4.99 Å². The van der Waals surface area contributed by atoms with Gasteiger partial charge in [0.1, 0.15) is 5.75 Å². The summed E-state index contributed by atoms with van der Waals surface area (Å²) in [5.41, 5.74) is 2.38. The molecule has 0 saturated carbocycles. The van der Waals surface area contributed by atoms with Gasteiger partial charge in [-0.05, 0) is 58.3 Å². The maximum absolute atomic E-state index is 6.09. The SMILES string of the molecule is CCC(C)Oc1cc(C)ccc1CNC(=NC)NCC1CCCN1C. The van der Waals surface area contributed by atoms with Gasteiger partial charge < -0.3 is 20.3 Å². The molecule has 0 spiro atoms. The molecule has 0 aliphatic carbocycles. The van der Waals surface area contributed by atoms with Crippen LogP contribution in [0.15, 0.2) is 23.2 Å². The zero-order chi connectivity index (χ0) is 18.2. The Bertz CT molecular complexity index is 573. The maximum atomic E-state index is 6.09. The highest BCUT2D eigenvalue weighted by Crippen LogP contribution is 2.22. The van der Waals surface area contributed by atoms with Gasteiger partial charge in [-0.15, -0.1) is 0 Å². The first-order chi connectivity index (χ1) is 12.0. The number of aliphatic imine (C=N–C) groups is 1. The summed E-state index contributed by atoms with van der Waals surface area (Å²) in [7, 11) is 4.01. The van der Waals surface area contributed by atoms with Gasteiger partial charge in [0, 0.05) is 31.7 Å². The zero-order valence-electron chi connectivity index (χ0n) is 16.4. The summed E-state index contributed by atoms with van der Waals surface area (Å²) in [6, 6.07) is 6.98. The standard InChI is InChI=1S/C20H34N4O/c1-6-16(3)25-19-12-15(2)9-10-17(19)13-22-20(21-4)23-14-18-8-7-11-24(18)5/h9-10,12,16,18H,6-8,11,13-14H2,1-5H3,(H2,21,22,23). The molecule has 0 amide bonds. The first-order valence-corrected chi connectivity index (χ1v) is 9.44. The summed E-state index contributed by atoms with van der Waals surface area (Å²) in [6.45, 7) is 9.17. The van der Waals surface area contributed by atoms with Gasteiger partial charge in [0.05, 0.1) is 6.10 Å². The van der Waals surface area contributed by atoms with E-state index in [-0.39, 0.29) is 6.10 Å². The number of likely N-dealkylation sites (N-methyl/N-ethyl adjacent to an activating group) is 1. The van der Waals surface area contributed by atoms with Crippen molar-refractivity contribution in [1.82, 2.24) is 15.5 Å². The third-order valence-corrected chi connectivity index (χ3v) is 4.97. The van der Waals surface area contributed by atoms with Gasteiger partial charge >= 0.3 is 0 Å². The summed E-state index contributed by atoms with van der Waals surface area (Å²) >= 11 is 0. The Morgan fingerprint density at radius 1 is 1.40 bits per heavy atom. The molecule has 0 radical (unpaired) electrons. The van der Waals surface area contributed by atoms with Crippen molar-refractivity contribution in [2.75, 3.05) is 27.2 Å². The zero-order valence-corrected chi connectivity index (χ0v) is 16.4. The Balaban J connectivity index is 1.92. The number of nitrogens with zero attached hydrogens (tertiary/aromatic N) is 2. The third kappa shape index (κ3) is 5.92. The lowest BCUT2D eigenvalue weighted by Gasteiger charge is -2.22. The summed E-state index contributed by atoms with van der Waals surface area (Å²) in [4.78, 5) is 6.76. The second kappa shape index (κ2) is 9.66. The van der Waals surface area contributed by atoms with E-state index in [9.17, 15) is 0 Å². The second-order valence-corrected chi connectivity index (χ2v) is 7.03. The molecule has 140 valence electrons. The summed E-state index contributed by atoms with van der Waals surface area (Å²) < 4.78 is 6.09. The van der Waals surface area contributed by atoms with E-state index in [2.05, 4.69) is 66.5 Å². The van der Waals surface area contributed by atoms with Crippen LogP contribution in [0.1, 0.15) is 44.2 Å². The fourth-order valence-electron chi connectivity index (χ4n) is 3.07. The van der Waals surface area contributed by atoms with Crippen molar-refractivity contribution in [3.8, 4) is 5.75 Å². The number of hydrogen-bond acceptors (Lipinski definition) is 3. The lowest BCUT2D eigenvalue weighted by molar-refractivity contribution is 0.215. The maximum Gasteiger partial charge on any atom is 0.191 e.